The monoisotopic (exact) mass is 377 g/mol. The number of aldehydes is 1. The number of carbonyl (C=O) groups excluding carboxylic acids is 1. The first-order valence-corrected chi connectivity index (χ1v) is 11.0. The van der Waals surface area contributed by atoms with Crippen LogP contribution in [0.3, 0.4) is 0 Å². The molecule has 4 N–H and O–H groups in total. The van der Waals surface area contributed by atoms with Crippen molar-refractivity contribution in [1.82, 2.24) is 0 Å². The lowest BCUT2D eigenvalue weighted by atomic mass is 9.56. The highest BCUT2D eigenvalue weighted by atomic mass is 16.5. The zero-order valence-electron chi connectivity index (χ0n) is 16.2. The molecule has 0 aromatic rings. The summed E-state index contributed by atoms with van der Waals surface area (Å²) in [6.45, 7) is 0.777. The van der Waals surface area contributed by atoms with Crippen molar-refractivity contribution in [3.8, 4) is 0 Å². The largest absolute Gasteiger partial charge is 0.396 e. The summed E-state index contributed by atoms with van der Waals surface area (Å²) in [4.78, 5) is 11.9. The first-order chi connectivity index (χ1) is 13.2. The van der Waals surface area contributed by atoms with Gasteiger partial charge in [0.1, 0.15) is 6.29 Å². The van der Waals surface area contributed by atoms with Crippen LogP contribution in [0.1, 0.15) is 51.4 Å². The van der Waals surface area contributed by atoms with Gasteiger partial charge in [0.2, 0.25) is 0 Å². The van der Waals surface area contributed by atoms with Gasteiger partial charge in [0.15, 0.2) is 0 Å². The maximum Gasteiger partial charge on any atom is 0.146 e. The second-order valence-corrected chi connectivity index (χ2v) is 9.35. The molecule has 0 bridgehead atoms. The van der Waals surface area contributed by atoms with Crippen LogP contribution in [0.25, 0.3) is 0 Å². The Kier molecular flexibility index (Phi) is 6.03. The summed E-state index contributed by atoms with van der Waals surface area (Å²) < 4.78 is 6.61. The number of aliphatic hydroxyl groups excluding tert-OH is 2. The van der Waals surface area contributed by atoms with Crippen LogP contribution in [0.15, 0.2) is 11.6 Å². The minimum atomic E-state index is -0.269. The van der Waals surface area contributed by atoms with E-state index in [1.54, 1.807) is 0 Å². The molecule has 3 fully saturated rings. The number of fused-ring (bicyclic) bond motifs is 2. The molecule has 27 heavy (non-hydrogen) atoms. The molecule has 0 spiro atoms. The van der Waals surface area contributed by atoms with Crippen LogP contribution in [0.2, 0.25) is 0 Å². The van der Waals surface area contributed by atoms with E-state index in [9.17, 15) is 15.0 Å². The van der Waals surface area contributed by atoms with Gasteiger partial charge in [0.25, 0.3) is 0 Å². The third kappa shape index (κ3) is 3.64. The Labute approximate surface area is 162 Å². The third-order valence-electron chi connectivity index (χ3n) is 7.98. The number of hydrogen-bond acceptors (Lipinski definition) is 5. The van der Waals surface area contributed by atoms with Gasteiger partial charge in [-0.2, -0.15) is 0 Å². The smallest absolute Gasteiger partial charge is 0.146 e. The zero-order chi connectivity index (χ0) is 19.0. The van der Waals surface area contributed by atoms with Crippen molar-refractivity contribution >= 4 is 6.29 Å². The van der Waals surface area contributed by atoms with Crippen LogP contribution >= 0.6 is 0 Å². The Balaban J connectivity index is 1.67. The molecule has 0 amide bonds. The van der Waals surface area contributed by atoms with E-state index < -0.39 is 0 Å². The predicted octanol–water partition coefficient (Wildman–Crippen LogP) is 2.05. The van der Waals surface area contributed by atoms with Crippen molar-refractivity contribution in [3.05, 3.63) is 11.6 Å². The lowest BCUT2D eigenvalue weighted by molar-refractivity contribution is -0.207. The molecule has 2 saturated carbocycles. The Morgan fingerprint density at radius 1 is 1.15 bits per heavy atom. The molecule has 4 rings (SSSR count). The number of nitrogens with two attached hydrogens (primary N) is 1. The van der Waals surface area contributed by atoms with Crippen molar-refractivity contribution in [2.24, 2.45) is 41.2 Å². The lowest BCUT2D eigenvalue weighted by Crippen LogP contribution is -2.57. The Bertz CT molecular complexity index is 565. The molecule has 1 saturated heterocycles. The van der Waals surface area contributed by atoms with Crippen molar-refractivity contribution in [2.45, 2.75) is 69.7 Å². The summed E-state index contributed by atoms with van der Waals surface area (Å²) >= 11 is 0. The van der Waals surface area contributed by atoms with Crippen molar-refractivity contribution in [1.29, 1.82) is 0 Å². The number of aliphatic hydroxyl groups is 2. The molecule has 152 valence electrons. The molecule has 9 atom stereocenters. The minimum absolute atomic E-state index is 0.0932. The minimum Gasteiger partial charge on any atom is -0.396 e. The van der Waals surface area contributed by atoms with E-state index in [0.29, 0.717) is 36.6 Å². The van der Waals surface area contributed by atoms with E-state index in [-0.39, 0.29) is 36.8 Å². The highest BCUT2D eigenvalue weighted by molar-refractivity contribution is 5.74. The molecular formula is C22H35NO4. The summed E-state index contributed by atoms with van der Waals surface area (Å²) in [5, 5.41) is 19.8. The number of ether oxygens (including phenoxy) is 1. The Hall–Kier alpha value is -0.750. The Morgan fingerprint density at radius 3 is 2.74 bits per heavy atom. The molecule has 0 aromatic heterocycles. The highest BCUT2D eigenvalue weighted by Gasteiger charge is 2.53. The van der Waals surface area contributed by atoms with Crippen LogP contribution in [0.5, 0.6) is 0 Å². The van der Waals surface area contributed by atoms with E-state index in [2.05, 4.69) is 0 Å². The molecule has 3 aliphatic carbocycles. The van der Waals surface area contributed by atoms with Gasteiger partial charge >= 0.3 is 0 Å². The molecule has 5 nitrogen and oxygen atoms in total. The molecule has 1 aliphatic heterocycles. The SMILES string of the molecule is NC[C@H]1CCCC2C(C3CCC(CO)C=C3C=O)C3CCC(O)CC3OC21. The van der Waals surface area contributed by atoms with Crippen molar-refractivity contribution < 1.29 is 19.7 Å². The Morgan fingerprint density at radius 2 is 2.00 bits per heavy atom. The van der Waals surface area contributed by atoms with Crippen molar-refractivity contribution in [3.63, 3.8) is 0 Å². The normalized spacial score (nSPS) is 47.5. The van der Waals surface area contributed by atoms with Gasteiger partial charge in [-0.15, -0.1) is 0 Å². The summed E-state index contributed by atoms with van der Waals surface area (Å²) in [6, 6.07) is 0. The van der Waals surface area contributed by atoms with Gasteiger partial charge in [-0.1, -0.05) is 12.5 Å². The van der Waals surface area contributed by atoms with Gasteiger partial charge in [-0.25, -0.2) is 0 Å². The summed E-state index contributed by atoms with van der Waals surface area (Å²) in [6.07, 6.45) is 11.0. The van der Waals surface area contributed by atoms with Crippen molar-refractivity contribution in [2.75, 3.05) is 13.2 Å². The molecular weight excluding hydrogens is 342 g/mol. The predicted molar refractivity (Wildman–Crippen MR) is 103 cm³/mol. The first-order valence-electron chi connectivity index (χ1n) is 11.0. The third-order valence-corrected chi connectivity index (χ3v) is 7.98. The quantitative estimate of drug-likeness (QED) is 0.652. The maximum atomic E-state index is 11.9. The van der Waals surface area contributed by atoms with Crippen LogP contribution in [0.4, 0.5) is 0 Å². The van der Waals surface area contributed by atoms with Crippen LogP contribution < -0.4 is 5.73 Å². The molecule has 5 heteroatoms. The standard InChI is InChI=1S/C22H35NO4/c23-10-14-2-1-3-19-21(17-6-4-13(11-24)8-15(17)12-25)18-7-5-16(26)9-20(18)27-22(14)19/h8,12-14,16-22,24,26H,1-7,9-11,23H2/t13?,14-,16?,17?,18?,19?,20?,21?,22?/m1/s1. The van der Waals surface area contributed by atoms with Gasteiger partial charge in [-0.05, 0) is 86.7 Å². The summed E-state index contributed by atoms with van der Waals surface area (Å²) in [5.74, 6) is 2.09. The second kappa shape index (κ2) is 8.32. The molecule has 4 aliphatic rings. The van der Waals surface area contributed by atoms with E-state index in [1.807, 2.05) is 6.08 Å². The molecule has 1 heterocycles. The number of allylic oxidation sites excluding steroid dienone is 1. The van der Waals surface area contributed by atoms with Gasteiger partial charge in [0.05, 0.1) is 18.3 Å². The fourth-order valence-electron chi connectivity index (χ4n) is 6.74. The van der Waals surface area contributed by atoms with Gasteiger partial charge in [-0.3, -0.25) is 4.79 Å². The first kappa shape index (κ1) is 19.6. The van der Waals surface area contributed by atoms with Gasteiger partial charge in [0, 0.05) is 12.5 Å². The molecule has 0 radical (unpaired) electrons. The summed E-state index contributed by atoms with van der Waals surface area (Å²) in [5.41, 5.74) is 6.99. The molecule has 8 unspecified atom stereocenters. The molecule has 0 aromatic carbocycles. The van der Waals surface area contributed by atoms with Gasteiger partial charge < -0.3 is 20.7 Å². The topological polar surface area (TPSA) is 92.8 Å². The lowest BCUT2D eigenvalue weighted by Gasteiger charge is -2.56. The van der Waals surface area contributed by atoms with E-state index >= 15 is 0 Å². The second-order valence-electron chi connectivity index (χ2n) is 9.35. The number of carbonyl (C=O) groups is 1. The van der Waals surface area contributed by atoms with Crippen LogP contribution in [-0.4, -0.2) is 48.0 Å². The van der Waals surface area contributed by atoms with E-state index in [1.165, 1.54) is 6.42 Å². The number of rotatable bonds is 4. The zero-order valence-corrected chi connectivity index (χ0v) is 16.2. The van der Waals surface area contributed by atoms with E-state index in [4.69, 9.17) is 10.5 Å². The van der Waals surface area contributed by atoms with Crippen LogP contribution in [0, 0.1) is 35.5 Å². The van der Waals surface area contributed by atoms with E-state index in [0.717, 1.165) is 50.4 Å². The highest BCUT2D eigenvalue weighted by Crippen LogP contribution is 2.54. The fraction of sp³-hybridized carbons (Fsp3) is 0.864. The summed E-state index contributed by atoms with van der Waals surface area (Å²) in [7, 11) is 0. The average Bonchev–Trinajstić information content (AvgIpc) is 2.71. The number of hydrogen-bond donors (Lipinski definition) is 3. The fourth-order valence-corrected chi connectivity index (χ4v) is 6.74. The van der Waals surface area contributed by atoms with Crippen LogP contribution in [-0.2, 0) is 9.53 Å². The maximum absolute atomic E-state index is 11.9. The average molecular weight is 378 g/mol.